The van der Waals surface area contributed by atoms with Crippen LogP contribution in [-0.2, 0) is 0 Å². The number of imidazole rings is 1. The number of anilines is 1. The second kappa shape index (κ2) is 10.9. The number of benzene rings is 1. The number of aryl methyl sites for hydroxylation is 2. The van der Waals surface area contributed by atoms with Crippen LogP contribution in [0.1, 0.15) is 73.7 Å². The smallest absolute Gasteiger partial charge is 0.293 e. The molecule has 0 spiro atoms. The summed E-state index contributed by atoms with van der Waals surface area (Å²) in [7, 11) is 0. The van der Waals surface area contributed by atoms with Crippen molar-refractivity contribution >= 4 is 17.4 Å². The summed E-state index contributed by atoms with van der Waals surface area (Å²) in [6, 6.07) is 4.27. The molecule has 0 aliphatic heterocycles. The molecule has 0 atom stereocenters. The number of carbonyl (C=O) groups excluding carboxylic acids is 1. The van der Waals surface area contributed by atoms with Gasteiger partial charge in [-0.25, -0.2) is 19.3 Å². The number of fused-ring (bicyclic) bond motifs is 1. The van der Waals surface area contributed by atoms with Crippen molar-refractivity contribution in [1.29, 1.82) is 0 Å². The van der Waals surface area contributed by atoms with Crippen molar-refractivity contribution in [3.63, 3.8) is 0 Å². The third-order valence-corrected chi connectivity index (χ3v) is 5.74. The number of hydrogen-bond acceptors (Lipinski definition) is 6. The molecule has 3 aromatic heterocycles. The van der Waals surface area contributed by atoms with E-state index < -0.39 is 17.3 Å². The lowest BCUT2D eigenvalue weighted by molar-refractivity contribution is 0.0681. The van der Waals surface area contributed by atoms with E-state index in [1.165, 1.54) is 18.2 Å². The molecule has 0 unspecified atom stereocenters. The Bertz CT molecular complexity index is 1490. The van der Waals surface area contributed by atoms with Crippen molar-refractivity contribution in [2.75, 3.05) is 5.32 Å². The van der Waals surface area contributed by atoms with E-state index in [1.807, 2.05) is 13.8 Å². The van der Waals surface area contributed by atoms with Gasteiger partial charge < -0.3 is 14.8 Å². The van der Waals surface area contributed by atoms with Gasteiger partial charge in [-0.2, -0.15) is 0 Å². The van der Waals surface area contributed by atoms with E-state index in [-0.39, 0.29) is 11.3 Å². The van der Waals surface area contributed by atoms with Gasteiger partial charge in [-0.3, -0.25) is 9.20 Å². The summed E-state index contributed by atoms with van der Waals surface area (Å²) in [5.74, 6) is 6.25. The first-order valence-corrected chi connectivity index (χ1v) is 12.2. The van der Waals surface area contributed by atoms with Gasteiger partial charge in [0.25, 0.3) is 5.91 Å². The van der Waals surface area contributed by atoms with Gasteiger partial charge in [0.05, 0.1) is 22.6 Å². The van der Waals surface area contributed by atoms with E-state index in [0.717, 1.165) is 37.7 Å². The van der Waals surface area contributed by atoms with E-state index in [1.54, 1.807) is 36.8 Å². The molecular weight excluding hydrogens is 473 g/mol. The highest BCUT2D eigenvalue weighted by molar-refractivity contribution is 6.03. The van der Waals surface area contributed by atoms with Crippen LogP contribution in [0.15, 0.2) is 41.2 Å². The minimum Gasteiger partial charge on any atom is -0.436 e. The molecule has 37 heavy (non-hydrogen) atoms. The van der Waals surface area contributed by atoms with Gasteiger partial charge in [0.1, 0.15) is 5.82 Å². The predicted molar refractivity (Wildman–Crippen MR) is 139 cm³/mol. The normalized spacial score (nSPS) is 11.4. The number of hydrogen-bond donors (Lipinski definition) is 2. The fourth-order valence-electron chi connectivity index (χ4n) is 3.92. The molecule has 192 valence electrons. The minimum atomic E-state index is -0.620. The summed E-state index contributed by atoms with van der Waals surface area (Å²) >= 11 is 0. The molecular formula is C28H30FN5O3. The molecule has 0 aliphatic carbocycles. The molecule has 1 aromatic carbocycles. The van der Waals surface area contributed by atoms with Crippen molar-refractivity contribution in [2.24, 2.45) is 0 Å². The lowest BCUT2D eigenvalue weighted by atomic mass is 10.0. The number of nitrogens with one attached hydrogen (secondary N) is 1. The van der Waals surface area contributed by atoms with E-state index in [2.05, 4.69) is 32.1 Å². The van der Waals surface area contributed by atoms with E-state index in [0.29, 0.717) is 28.7 Å². The fraction of sp³-hybridized carbons (Fsp3) is 0.357. The van der Waals surface area contributed by atoms with Crippen LogP contribution in [0.4, 0.5) is 10.1 Å². The maximum atomic E-state index is 14.7. The fourth-order valence-corrected chi connectivity index (χ4v) is 3.92. The van der Waals surface area contributed by atoms with Crippen molar-refractivity contribution in [3.05, 3.63) is 65.5 Å². The average molecular weight is 504 g/mol. The Morgan fingerprint density at radius 1 is 1.19 bits per heavy atom. The van der Waals surface area contributed by atoms with E-state index in [4.69, 9.17) is 4.42 Å². The first-order chi connectivity index (χ1) is 17.6. The number of aliphatic hydroxyl groups is 1. The maximum absolute atomic E-state index is 14.7. The van der Waals surface area contributed by atoms with Gasteiger partial charge in [-0.05, 0) is 51.8 Å². The Hall–Kier alpha value is -4.03. The van der Waals surface area contributed by atoms with Crippen LogP contribution in [0.3, 0.4) is 0 Å². The highest BCUT2D eigenvalue weighted by Crippen LogP contribution is 2.26. The topological polar surface area (TPSA) is 106 Å². The van der Waals surface area contributed by atoms with Crippen LogP contribution in [0.5, 0.6) is 0 Å². The average Bonchev–Trinajstić information content (AvgIpc) is 3.40. The number of rotatable bonds is 8. The molecule has 0 bridgehead atoms. The van der Waals surface area contributed by atoms with Crippen molar-refractivity contribution in [3.8, 4) is 23.1 Å². The van der Waals surface area contributed by atoms with Crippen molar-refractivity contribution in [2.45, 2.75) is 65.4 Å². The van der Waals surface area contributed by atoms with Gasteiger partial charge in [0.2, 0.25) is 11.5 Å². The molecule has 0 aliphatic rings. The zero-order valence-electron chi connectivity index (χ0n) is 21.4. The molecule has 4 rings (SSSR count). The van der Waals surface area contributed by atoms with Crippen LogP contribution in [-0.4, -0.2) is 36.0 Å². The Kier molecular flexibility index (Phi) is 7.69. The van der Waals surface area contributed by atoms with E-state index >= 15 is 0 Å². The second-order valence-electron chi connectivity index (χ2n) is 9.65. The molecule has 0 saturated heterocycles. The summed E-state index contributed by atoms with van der Waals surface area (Å²) in [6.45, 7) is 6.99. The van der Waals surface area contributed by atoms with Crippen LogP contribution >= 0.6 is 0 Å². The van der Waals surface area contributed by atoms with Crippen LogP contribution < -0.4 is 5.32 Å². The first-order valence-electron chi connectivity index (χ1n) is 12.2. The summed E-state index contributed by atoms with van der Waals surface area (Å²) in [4.78, 5) is 25.4. The van der Waals surface area contributed by atoms with Gasteiger partial charge in [-0.15, -0.1) is 0 Å². The lowest BCUT2D eigenvalue weighted by Crippen LogP contribution is -2.17. The van der Waals surface area contributed by atoms with Gasteiger partial charge >= 0.3 is 0 Å². The Balaban J connectivity index is 1.45. The summed E-state index contributed by atoms with van der Waals surface area (Å²) in [6.07, 6.45) is 9.62. The standard InChI is InChI=1S/C28H30FN5O3/c1-18-25(37-19(2)31-18)26(35)32-21-11-12-23(29)22(14-21)24-17-34-16-20(15-30-27(34)33-24)10-8-6-5-7-9-13-28(3,4)36/h11-12,14-17,36H,5-7,9,13H2,1-4H3,(H,32,35). The monoisotopic (exact) mass is 503 g/mol. The van der Waals surface area contributed by atoms with Gasteiger partial charge in [0, 0.05) is 43.2 Å². The lowest BCUT2D eigenvalue weighted by Gasteiger charge is -2.15. The number of amides is 1. The van der Waals surface area contributed by atoms with Crippen molar-refractivity contribution in [1.82, 2.24) is 19.4 Å². The van der Waals surface area contributed by atoms with E-state index in [9.17, 15) is 14.3 Å². The zero-order valence-corrected chi connectivity index (χ0v) is 21.4. The number of nitrogens with zero attached hydrogens (tertiary/aromatic N) is 4. The Morgan fingerprint density at radius 2 is 2.00 bits per heavy atom. The highest BCUT2D eigenvalue weighted by atomic mass is 19.1. The van der Waals surface area contributed by atoms with Crippen LogP contribution in [0.25, 0.3) is 17.0 Å². The molecule has 2 N–H and O–H groups in total. The molecule has 0 fully saturated rings. The van der Waals surface area contributed by atoms with Crippen molar-refractivity contribution < 1.29 is 18.7 Å². The zero-order chi connectivity index (χ0) is 26.6. The third-order valence-electron chi connectivity index (χ3n) is 5.74. The molecule has 0 saturated carbocycles. The quantitative estimate of drug-likeness (QED) is 0.244. The minimum absolute atomic E-state index is 0.114. The molecule has 1 amide bonds. The number of oxazole rings is 1. The molecule has 4 aromatic rings. The Labute approximate surface area is 215 Å². The molecule has 0 radical (unpaired) electrons. The first kappa shape index (κ1) is 26.0. The summed E-state index contributed by atoms with van der Waals surface area (Å²) in [5.41, 5.74) is 1.59. The van der Waals surface area contributed by atoms with Gasteiger partial charge in [-0.1, -0.05) is 24.7 Å². The third kappa shape index (κ3) is 6.80. The number of halogens is 1. The highest BCUT2D eigenvalue weighted by Gasteiger charge is 2.18. The SMILES string of the molecule is Cc1nc(C)c(C(=O)Nc2ccc(F)c(-c3cn4cc(C#CCCCCCC(C)(C)O)cnc4n3)c2)o1. The molecule has 9 heteroatoms. The van der Waals surface area contributed by atoms with Gasteiger partial charge in [0.15, 0.2) is 5.89 Å². The van der Waals surface area contributed by atoms with Crippen LogP contribution in [0.2, 0.25) is 0 Å². The second-order valence-corrected chi connectivity index (χ2v) is 9.65. The number of unbranched alkanes of at least 4 members (excludes halogenated alkanes) is 3. The molecule has 3 heterocycles. The largest absolute Gasteiger partial charge is 0.436 e. The molecule has 8 nitrogen and oxygen atoms in total. The Morgan fingerprint density at radius 3 is 2.73 bits per heavy atom. The summed E-state index contributed by atoms with van der Waals surface area (Å²) in [5, 5.41) is 12.5. The van der Waals surface area contributed by atoms with Crippen LogP contribution in [0, 0.1) is 31.5 Å². The maximum Gasteiger partial charge on any atom is 0.293 e. The predicted octanol–water partition coefficient (Wildman–Crippen LogP) is 5.47. The number of aromatic nitrogens is 4. The summed E-state index contributed by atoms with van der Waals surface area (Å²) < 4.78 is 21.8. The number of carbonyl (C=O) groups is 1.